The molecule has 0 radical (unpaired) electrons. The van der Waals surface area contributed by atoms with Crippen molar-refractivity contribution in [1.82, 2.24) is 5.32 Å². The van der Waals surface area contributed by atoms with E-state index in [1.807, 2.05) is 19.9 Å². The molecule has 5 nitrogen and oxygen atoms in total. The molecule has 0 atom stereocenters. The summed E-state index contributed by atoms with van der Waals surface area (Å²) in [6, 6.07) is 5.39. The predicted octanol–water partition coefficient (Wildman–Crippen LogP) is 2.38. The summed E-state index contributed by atoms with van der Waals surface area (Å²) in [6.07, 6.45) is 4.15. The van der Waals surface area contributed by atoms with E-state index in [1.54, 1.807) is 12.1 Å². The maximum absolute atomic E-state index is 12.0. The lowest BCUT2D eigenvalue weighted by molar-refractivity contribution is -0.119. The topological polar surface area (TPSA) is 66.5 Å². The van der Waals surface area contributed by atoms with E-state index in [2.05, 4.69) is 12.2 Å². The van der Waals surface area contributed by atoms with Crippen molar-refractivity contribution in [2.75, 3.05) is 23.7 Å². The Kier molecular flexibility index (Phi) is 6.87. The maximum Gasteiger partial charge on any atom is 0.240 e. The first kappa shape index (κ1) is 18.5. The first-order valence-electron chi connectivity index (χ1n) is 7.57. The molecular formula is C16H26N2O3S. The molecule has 1 amide bonds. The minimum absolute atomic E-state index is 0.187. The second-order valence-electron chi connectivity index (χ2n) is 5.60. The zero-order valence-electron chi connectivity index (χ0n) is 13.8. The Morgan fingerprint density at radius 1 is 1.18 bits per heavy atom. The molecule has 0 bridgehead atoms. The van der Waals surface area contributed by atoms with Crippen molar-refractivity contribution in [3.05, 3.63) is 29.3 Å². The van der Waals surface area contributed by atoms with Crippen LogP contribution in [0, 0.1) is 13.8 Å². The van der Waals surface area contributed by atoms with Gasteiger partial charge in [0, 0.05) is 6.54 Å². The van der Waals surface area contributed by atoms with Gasteiger partial charge in [0.1, 0.15) is 6.54 Å². The standard InChI is InChI=1S/C16H26N2O3S/c1-5-6-7-10-17-16(19)12-18(22(4,20)21)15-9-8-13(2)14(3)11-15/h8-9,11H,5-7,10,12H2,1-4H3,(H,17,19). The number of sulfonamides is 1. The summed E-state index contributed by atoms with van der Waals surface area (Å²) in [5.41, 5.74) is 2.60. The van der Waals surface area contributed by atoms with Crippen LogP contribution in [0.2, 0.25) is 0 Å². The number of amides is 1. The van der Waals surface area contributed by atoms with Gasteiger partial charge in [-0.1, -0.05) is 25.8 Å². The van der Waals surface area contributed by atoms with Gasteiger partial charge in [-0.3, -0.25) is 9.10 Å². The highest BCUT2D eigenvalue weighted by Gasteiger charge is 2.20. The number of hydrogen-bond donors (Lipinski definition) is 1. The van der Waals surface area contributed by atoms with Gasteiger partial charge in [-0.05, 0) is 43.5 Å². The lowest BCUT2D eigenvalue weighted by Crippen LogP contribution is -2.40. The average molecular weight is 326 g/mol. The van der Waals surface area contributed by atoms with Crippen molar-refractivity contribution >= 4 is 21.6 Å². The van der Waals surface area contributed by atoms with Crippen molar-refractivity contribution in [2.24, 2.45) is 0 Å². The number of nitrogens with zero attached hydrogens (tertiary/aromatic N) is 1. The molecule has 1 rings (SSSR count). The third-order valence-corrected chi connectivity index (χ3v) is 4.71. The summed E-state index contributed by atoms with van der Waals surface area (Å²) in [5, 5.41) is 2.77. The Labute approximate surface area is 133 Å². The van der Waals surface area contributed by atoms with Gasteiger partial charge >= 0.3 is 0 Å². The zero-order chi connectivity index (χ0) is 16.8. The number of unbranched alkanes of at least 4 members (excludes halogenated alkanes) is 2. The molecule has 0 fully saturated rings. The number of nitrogens with one attached hydrogen (secondary N) is 1. The van der Waals surface area contributed by atoms with Crippen LogP contribution in [0.1, 0.15) is 37.3 Å². The van der Waals surface area contributed by atoms with Gasteiger partial charge in [-0.15, -0.1) is 0 Å². The summed E-state index contributed by atoms with van der Waals surface area (Å²) in [4.78, 5) is 12.0. The van der Waals surface area contributed by atoms with E-state index in [1.165, 1.54) is 0 Å². The largest absolute Gasteiger partial charge is 0.355 e. The molecule has 0 saturated heterocycles. The number of hydrogen-bond acceptors (Lipinski definition) is 3. The number of rotatable bonds is 8. The van der Waals surface area contributed by atoms with E-state index in [0.717, 1.165) is 41.0 Å². The van der Waals surface area contributed by atoms with Crippen LogP contribution in [-0.4, -0.2) is 33.7 Å². The first-order chi connectivity index (χ1) is 10.3. The van der Waals surface area contributed by atoms with Gasteiger partial charge in [-0.2, -0.15) is 0 Å². The Morgan fingerprint density at radius 2 is 1.86 bits per heavy atom. The number of aryl methyl sites for hydroxylation is 2. The summed E-state index contributed by atoms with van der Waals surface area (Å²) in [5.74, 6) is -0.278. The van der Waals surface area contributed by atoms with Crippen molar-refractivity contribution < 1.29 is 13.2 Å². The van der Waals surface area contributed by atoms with E-state index in [0.29, 0.717) is 12.2 Å². The van der Waals surface area contributed by atoms with Crippen LogP contribution in [0.25, 0.3) is 0 Å². The van der Waals surface area contributed by atoms with E-state index >= 15 is 0 Å². The molecule has 1 aromatic rings. The predicted molar refractivity (Wildman–Crippen MR) is 90.6 cm³/mol. The van der Waals surface area contributed by atoms with Gasteiger partial charge in [0.25, 0.3) is 0 Å². The van der Waals surface area contributed by atoms with E-state index in [-0.39, 0.29) is 12.5 Å². The van der Waals surface area contributed by atoms with Crippen LogP contribution < -0.4 is 9.62 Å². The Hall–Kier alpha value is -1.56. The number of carbonyl (C=O) groups is 1. The summed E-state index contributed by atoms with van der Waals surface area (Å²) < 4.78 is 25.1. The fourth-order valence-corrected chi connectivity index (χ4v) is 2.92. The van der Waals surface area contributed by atoms with Gasteiger partial charge in [0.05, 0.1) is 11.9 Å². The molecule has 0 unspecified atom stereocenters. The molecule has 0 saturated carbocycles. The average Bonchev–Trinajstić information content (AvgIpc) is 2.43. The highest BCUT2D eigenvalue weighted by molar-refractivity contribution is 7.92. The Morgan fingerprint density at radius 3 is 2.41 bits per heavy atom. The molecule has 6 heteroatoms. The molecule has 0 aliphatic heterocycles. The lowest BCUT2D eigenvalue weighted by atomic mass is 10.1. The molecule has 1 N–H and O–H groups in total. The van der Waals surface area contributed by atoms with E-state index in [9.17, 15) is 13.2 Å². The molecule has 22 heavy (non-hydrogen) atoms. The molecule has 0 heterocycles. The molecule has 124 valence electrons. The zero-order valence-corrected chi connectivity index (χ0v) is 14.7. The highest BCUT2D eigenvalue weighted by Crippen LogP contribution is 2.20. The first-order valence-corrected chi connectivity index (χ1v) is 9.42. The summed E-state index contributed by atoms with van der Waals surface area (Å²) in [7, 11) is -3.51. The second-order valence-corrected chi connectivity index (χ2v) is 7.50. The SMILES string of the molecule is CCCCCNC(=O)CN(c1ccc(C)c(C)c1)S(C)(=O)=O. The maximum atomic E-state index is 12.0. The number of carbonyl (C=O) groups excluding carboxylic acids is 1. The Bertz CT molecular complexity index is 612. The molecule has 0 aromatic heterocycles. The fourth-order valence-electron chi connectivity index (χ4n) is 2.07. The lowest BCUT2D eigenvalue weighted by Gasteiger charge is -2.22. The van der Waals surface area contributed by atoms with Crippen molar-refractivity contribution in [3.8, 4) is 0 Å². The highest BCUT2D eigenvalue weighted by atomic mass is 32.2. The number of anilines is 1. The molecule has 1 aromatic carbocycles. The summed E-state index contributed by atoms with van der Waals surface area (Å²) >= 11 is 0. The normalized spacial score (nSPS) is 11.3. The van der Waals surface area contributed by atoms with E-state index in [4.69, 9.17) is 0 Å². The Balaban J connectivity index is 2.82. The fraction of sp³-hybridized carbons (Fsp3) is 0.562. The van der Waals surface area contributed by atoms with E-state index < -0.39 is 10.0 Å². The van der Waals surface area contributed by atoms with Crippen LogP contribution in [0.3, 0.4) is 0 Å². The monoisotopic (exact) mass is 326 g/mol. The smallest absolute Gasteiger partial charge is 0.240 e. The minimum Gasteiger partial charge on any atom is -0.355 e. The van der Waals surface area contributed by atoms with Gasteiger partial charge in [0.15, 0.2) is 0 Å². The van der Waals surface area contributed by atoms with Crippen LogP contribution in [0.5, 0.6) is 0 Å². The van der Waals surface area contributed by atoms with Gasteiger partial charge in [0.2, 0.25) is 15.9 Å². The third kappa shape index (κ3) is 5.67. The van der Waals surface area contributed by atoms with Crippen LogP contribution >= 0.6 is 0 Å². The minimum atomic E-state index is -3.51. The van der Waals surface area contributed by atoms with Gasteiger partial charge < -0.3 is 5.32 Å². The van der Waals surface area contributed by atoms with Crippen molar-refractivity contribution in [2.45, 2.75) is 40.0 Å². The summed E-state index contributed by atoms with van der Waals surface area (Å²) in [6.45, 7) is 6.37. The quantitative estimate of drug-likeness (QED) is 0.746. The van der Waals surface area contributed by atoms with Crippen LogP contribution in [0.4, 0.5) is 5.69 Å². The molecule has 0 aliphatic carbocycles. The number of benzene rings is 1. The van der Waals surface area contributed by atoms with Crippen LogP contribution in [0.15, 0.2) is 18.2 Å². The molecule has 0 aliphatic rings. The van der Waals surface area contributed by atoms with Crippen molar-refractivity contribution in [3.63, 3.8) is 0 Å². The molecular weight excluding hydrogens is 300 g/mol. The third-order valence-electron chi connectivity index (χ3n) is 3.57. The molecule has 0 spiro atoms. The second kappa shape index (κ2) is 8.17. The van der Waals surface area contributed by atoms with Crippen molar-refractivity contribution in [1.29, 1.82) is 0 Å². The van der Waals surface area contributed by atoms with Crippen LogP contribution in [-0.2, 0) is 14.8 Å². The van der Waals surface area contributed by atoms with Gasteiger partial charge in [-0.25, -0.2) is 8.42 Å².